The van der Waals surface area contributed by atoms with E-state index in [0.717, 1.165) is 21.5 Å². The monoisotopic (exact) mass is 258 g/mol. The molecule has 98 valence electrons. The van der Waals surface area contributed by atoms with Crippen molar-refractivity contribution >= 4 is 22.7 Å². The predicted octanol–water partition coefficient (Wildman–Crippen LogP) is -0.0889. The molecule has 1 atom stereocenters. The van der Waals surface area contributed by atoms with Crippen molar-refractivity contribution in [3.05, 3.63) is 36.0 Å². The average Bonchev–Trinajstić information content (AvgIpc) is 2.79. The molecule has 4 N–H and O–H groups in total. The fourth-order valence-corrected chi connectivity index (χ4v) is 2.39. The first-order valence-corrected chi connectivity index (χ1v) is 6.05. The molecule has 0 radical (unpaired) electrons. The van der Waals surface area contributed by atoms with Gasteiger partial charge in [-0.1, -0.05) is 18.2 Å². The summed E-state index contributed by atoms with van der Waals surface area (Å²) < 4.78 is 0. The first kappa shape index (κ1) is 11.7. The van der Waals surface area contributed by atoms with Crippen LogP contribution in [0, 0.1) is 0 Å². The molecule has 0 bridgehead atoms. The van der Waals surface area contributed by atoms with Crippen LogP contribution in [0.1, 0.15) is 5.56 Å². The molecule has 1 aromatic heterocycles. The van der Waals surface area contributed by atoms with Gasteiger partial charge in [-0.2, -0.15) is 0 Å². The van der Waals surface area contributed by atoms with E-state index in [1.807, 2.05) is 30.5 Å². The van der Waals surface area contributed by atoms with E-state index in [1.54, 1.807) is 0 Å². The maximum absolute atomic E-state index is 11.9. The van der Waals surface area contributed by atoms with Crippen molar-refractivity contribution in [3.63, 3.8) is 0 Å². The molecule has 0 spiro atoms. The highest BCUT2D eigenvalue weighted by Crippen LogP contribution is 2.19. The Bertz CT molecular complexity index is 649. The third-order valence-corrected chi connectivity index (χ3v) is 3.33. The van der Waals surface area contributed by atoms with E-state index in [9.17, 15) is 9.59 Å². The zero-order valence-corrected chi connectivity index (χ0v) is 10.2. The van der Waals surface area contributed by atoms with E-state index in [-0.39, 0.29) is 18.4 Å². The van der Waals surface area contributed by atoms with Gasteiger partial charge in [0.15, 0.2) is 0 Å². The minimum Gasteiger partial charge on any atom is -0.361 e. The summed E-state index contributed by atoms with van der Waals surface area (Å²) in [6.07, 6.45) is 2.29. The van der Waals surface area contributed by atoms with Gasteiger partial charge in [-0.25, -0.2) is 5.84 Å². The second kappa shape index (κ2) is 4.40. The number of nitrogens with one attached hydrogen (secondary N) is 2. The lowest BCUT2D eigenvalue weighted by Crippen LogP contribution is -2.60. The number of carbonyl (C=O) groups is 2. The lowest BCUT2D eigenvalue weighted by molar-refractivity contribution is -0.144. The molecule has 19 heavy (non-hydrogen) atoms. The fourth-order valence-electron chi connectivity index (χ4n) is 2.39. The van der Waals surface area contributed by atoms with E-state index < -0.39 is 6.04 Å². The van der Waals surface area contributed by atoms with E-state index in [1.165, 1.54) is 0 Å². The summed E-state index contributed by atoms with van der Waals surface area (Å²) in [5.41, 5.74) is 2.00. The Kier molecular flexibility index (Phi) is 2.72. The molecule has 0 saturated carbocycles. The third-order valence-electron chi connectivity index (χ3n) is 3.33. The number of hydrogen-bond acceptors (Lipinski definition) is 3. The zero-order chi connectivity index (χ0) is 13.4. The van der Waals surface area contributed by atoms with Crippen molar-refractivity contribution < 1.29 is 9.59 Å². The minimum absolute atomic E-state index is 0.0801. The highest BCUT2D eigenvalue weighted by Gasteiger charge is 2.31. The van der Waals surface area contributed by atoms with Crippen LogP contribution in [0.5, 0.6) is 0 Å². The first-order chi connectivity index (χ1) is 9.15. The molecule has 1 unspecified atom stereocenters. The molecular formula is C13H14N4O2. The molecule has 2 heterocycles. The van der Waals surface area contributed by atoms with Crippen molar-refractivity contribution in [2.45, 2.75) is 12.5 Å². The van der Waals surface area contributed by atoms with Gasteiger partial charge in [0.25, 0.3) is 5.91 Å². The third kappa shape index (κ3) is 2.06. The number of fused-ring (bicyclic) bond motifs is 1. The van der Waals surface area contributed by atoms with Crippen LogP contribution in [0.4, 0.5) is 0 Å². The summed E-state index contributed by atoms with van der Waals surface area (Å²) in [4.78, 5) is 26.5. The van der Waals surface area contributed by atoms with E-state index in [2.05, 4.69) is 10.3 Å². The molecule has 2 amide bonds. The summed E-state index contributed by atoms with van der Waals surface area (Å²) in [6, 6.07) is 7.24. The highest BCUT2D eigenvalue weighted by atomic mass is 16.2. The summed E-state index contributed by atoms with van der Waals surface area (Å²) in [6.45, 7) is -0.0801. The molecule has 1 aliphatic heterocycles. The summed E-state index contributed by atoms with van der Waals surface area (Å²) in [5, 5.41) is 4.70. The lowest BCUT2D eigenvalue weighted by atomic mass is 10.0. The first-order valence-electron chi connectivity index (χ1n) is 6.05. The number of hydrazine groups is 1. The molecule has 0 aliphatic carbocycles. The van der Waals surface area contributed by atoms with Crippen molar-refractivity contribution in [1.29, 1.82) is 0 Å². The standard InChI is InChI=1S/C13H14N4O2/c14-17-7-12(18)16-11(13(17)19)5-8-6-15-10-4-2-1-3-9(8)10/h1-4,6,11,15H,5,7,14H2,(H,16,18). The van der Waals surface area contributed by atoms with Crippen LogP contribution >= 0.6 is 0 Å². The van der Waals surface area contributed by atoms with Gasteiger partial charge < -0.3 is 10.3 Å². The van der Waals surface area contributed by atoms with Crippen LogP contribution in [0.3, 0.4) is 0 Å². The summed E-state index contributed by atoms with van der Waals surface area (Å²) in [5.74, 6) is 5.03. The molecule has 1 aromatic carbocycles. The summed E-state index contributed by atoms with van der Waals surface area (Å²) in [7, 11) is 0. The number of para-hydroxylation sites is 1. The van der Waals surface area contributed by atoms with Crippen LogP contribution < -0.4 is 11.2 Å². The quantitative estimate of drug-likeness (QED) is 0.519. The molecule has 6 nitrogen and oxygen atoms in total. The van der Waals surface area contributed by atoms with Crippen LogP contribution in [0.2, 0.25) is 0 Å². The Hall–Kier alpha value is -2.34. The topological polar surface area (TPSA) is 91.2 Å². The van der Waals surface area contributed by atoms with Crippen molar-refractivity contribution in [1.82, 2.24) is 15.3 Å². The van der Waals surface area contributed by atoms with E-state index in [4.69, 9.17) is 5.84 Å². The minimum atomic E-state index is -0.592. The number of benzene rings is 1. The number of hydrogen-bond donors (Lipinski definition) is 3. The number of aromatic amines is 1. The Morgan fingerprint density at radius 2 is 2.11 bits per heavy atom. The molecular weight excluding hydrogens is 244 g/mol. The van der Waals surface area contributed by atoms with Gasteiger partial charge in [0.05, 0.1) is 0 Å². The maximum atomic E-state index is 11.9. The van der Waals surface area contributed by atoms with E-state index in [0.29, 0.717) is 6.42 Å². The zero-order valence-electron chi connectivity index (χ0n) is 10.2. The second-order valence-electron chi connectivity index (χ2n) is 4.65. The van der Waals surface area contributed by atoms with Gasteiger partial charge in [0.2, 0.25) is 5.91 Å². The number of carbonyl (C=O) groups excluding carboxylic acids is 2. The number of amides is 2. The fraction of sp³-hybridized carbons (Fsp3) is 0.231. The summed E-state index contributed by atoms with van der Waals surface area (Å²) >= 11 is 0. The van der Waals surface area contributed by atoms with Crippen molar-refractivity contribution in [2.24, 2.45) is 5.84 Å². The van der Waals surface area contributed by atoms with Crippen LogP contribution in [0.25, 0.3) is 10.9 Å². The van der Waals surface area contributed by atoms with Crippen LogP contribution in [0.15, 0.2) is 30.5 Å². The Balaban J connectivity index is 1.88. The molecule has 1 fully saturated rings. The van der Waals surface area contributed by atoms with Gasteiger partial charge in [-0.15, -0.1) is 0 Å². The van der Waals surface area contributed by atoms with Gasteiger partial charge in [0, 0.05) is 23.5 Å². The Morgan fingerprint density at radius 3 is 2.95 bits per heavy atom. The van der Waals surface area contributed by atoms with Crippen LogP contribution in [-0.2, 0) is 16.0 Å². The van der Waals surface area contributed by atoms with E-state index >= 15 is 0 Å². The second-order valence-corrected chi connectivity index (χ2v) is 4.65. The number of aromatic nitrogens is 1. The van der Waals surface area contributed by atoms with Gasteiger partial charge in [-0.3, -0.25) is 14.6 Å². The maximum Gasteiger partial charge on any atom is 0.259 e. The number of rotatable bonds is 2. The predicted molar refractivity (Wildman–Crippen MR) is 69.8 cm³/mol. The number of piperazine rings is 1. The average molecular weight is 258 g/mol. The normalized spacial score (nSPS) is 19.8. The molecule has 1 saturated heterocycles. The molecule has 1 aliphatic rings. The van der Waals surface area contributed by atoms with Crippen LogP contribution in [-0.4, -0.2) is 34.4 Å². The smallest absolute Gasteiger partial charge is 0.259 e. The Labute approximate surface area is 109 Å². The van der Waals surface area contributed by atoms with Crippen molar-refractivity contribution in [2.75, 3.05) is 6.54 Å². The van der Waals surface area contributed by atoms with Gasteiger partial charge >= 0.3 is 0 Å². The SMILES string of the molecule is NN1CC(=O)NC(Cc2c[nH]c3ccccc23)C1=O. The highest BCUT2D eigenvalue weighted by molar-refractivity contribution is 5.95. The Morgan fingerprint density at radius 1 is 1.32 bits per heavy atom. The number of H-pyrrole nitrogens is 1. The lowest BCUT2D eigenvalue weighted by Gasteiger charge is -2.28. The molecule has 3 rings (SSSR count). The molecule has 6 heteroatoms. The van der Waals surface area contributed by atoms with Gasteiger partial charge in [0.1, 0.15) is 12.6 Å². The van der Waals surface area contributed by atoms with Gasteiger partial charge in [-0.05, 0) is 11.6 Å². The number of nitrogens with zero attached hydrogens (tertiary/aromatic N) is 1. The number of nitrogens with two attached hydrogens (primary N) is 1. The molecule has 2 aromatic rings. The van der Waals surface area contributed by atoms with Crippen molar-refractivity contribution in [3.8, 4) is 0 Å². The largest absolute Gasteiger partial charge is 0.361 e.